The van der Waals surface area contributed by atoms with E-state index in [1.807, 2.05) is 0 Å². The Morgan fingerprint density at radius 1 is 1.17 bits per heavy atom. The van der Waals surface area contributed by atoms with Crippen LogP contribution in [-0.4, -0.2) is 36.9 Å². The summed E-state index contributed by atoms with van der Waals surface area (Å²) in [6.07, 6.45) is 2.08. The van der Waals surface area contributed by atoms with Gasteiger partial charge in [-0.1, -0.05) is 11.6 Å². The van der Waals surface area contributed by atoms with E-state index in [2.05, 4.69) is 15.6 Å². The summed E-state index contributed by atoms with van der Waals surface area (Å²) in [5.41, 5.74) is 1.54. The lowest BCUT2D eigenvalue weighted by molar-refractivity contribution is 0.102. The van der Waals surface area contributed by atoms with Crippen LogP contribution in [0.4, 0.5) is 11.4 Å². The van der Waals surface area contributed by atoms with Crippen molar-refractivity contribution in [2.24, 2.45) is 0 Å². The maximum atomic E-state index is 12.3. The molecule has 126 valence electrons. The first-order valence-electron chi connectivity index (χ1n) is 7.41. The molecule has 1 saturated heterocycles. The van der Waals surface area contributed by atoms with Crippen LogP contribution < -0.4 is 10.6 Å². The van der Waals surface area contributed by atoms with E-state index in [9.17, 15) is 13.2 Å². The number of aromatic nitrogens is 1. The number of carbonyl (C=O) groups is 1. The summed E-state index contributed by atoms with van der Waals surface area (Å²) in [5, 5.41) is 6.47. The van der Waals surface area contributed by atoms with Crippen LogP contribution in [0.25, 0.3) is 0 Å². The van der Waals surface area contributed by atoms with Crippen LogP contribution in [0.5, 0.6) is 0 Å². The zero-order valence-electron chi connectivity index (χ0n) is 12.7. The molecule has 1 unspecified atom stereocenters. The minimum Gasteiger partial charge on any atom is -0.381 e. The lowest BCUT2D eigenvalue weighted by Gasteiger charge is -2.13. The maximum Gasteiger partial charge on any atom is 0.274 e. The highest BCUT2D eigenvalue weighted by molar-refractivity contribution is 7.91. The number of nitrogens with one attached hydrogen (secondary N) is 2. The Bertz CT molecular complexity index is 853. The molecule has 0 aliphatic carbocycles. The van der Waals surface area contributed by atoms with Crippen LogP contribution in [-0.2, 0) is 9.84 Å². The second-order valence-corrected chi connectivity index (χ2v) is 8.30. The molecule has 1 fully saturated rings. The van der Waals surface area contributed by atoms with E-state index in [0.717, 1.165) is 0 Å². The van der Waals surface area contributed by atoms with Crippen LogP contribution in [0.1, 0.15) is 16.9 Å². The molecule has 1 aromatic carbocycles. The van der Waals surface area contributed by atoms with Gasteiger partial charge in [-0.15, -0.1) is 0 Å². The Morgan fingerprint density at radius 3 is 2.58 bits per heavy atom. The average Bonchev–Trinajstić information content (AvgIpc) is 2.88. The van der Waals surface area contributed by atoms with Gasteiger partial charge in [0.2, 0.25) is 0 Å². The monoisotopic (exact) mass is 365 g/mol. The summed E-state index contributed by atoms with van der Waals surface area (Å²) in [6, 6.07) is 9.95. The van der Waals surface area contributed by atoms with Crippen LogP contribution in [0.2, 0.25) is 5.02 Å². The molecule has 2 heterocycles. The van der Waals surface area contributed by atoms with Crippen molar-refractivity contribution in [1.29, 1.82) is 0 Å². The van der Waals surface area contributed by atoms with Gasteiger partial charge in [-0.3, -0.25) is 9.78 Å². The highest BCUT2D eigenvalue weighted by Gasteiger charge is 2.27. The van der Waals surface area contributed by atoms with Gasteiger partial charge in [0.25, 0.3) is 5.91 Å². The summed E-state index contributed by atoms with van der Waals surface area (Å²) in [4.78, 5) is 16.3. The van der Waals surface area contributed by atoms with Crippen LogP contribution in [0.3, 0.4) is 0 Å². The van der Waals surface area contributed by atoms with Crippen LogP contribution in [0.15, 0.2) is 42.6 Å². The van der Waals surface area contributed by atoms with Gasteiger partial charge in [-0.25, -0.2) is 8.42 Å². The molecular formula is C16H16ClN3O3S. The molecule has 2 N–H and O–H groups in total. The number of sulfone groups is 1. The smallest absolute Gasteiger partial charge is 0.274 e. The first-order valence-corrected chi connectivity index (χ1v) is 9.61. The van der Waals surface area contributed by atoms with Crippen molar-refractivity contribution >= 4 is 38.7 Å². The third-order valence-electron chi connectivity index (χ3n) is 3.70. The van der Waals surface area contributed by atoms with Gasteiger partial charge in [0.1, 0.15) is 5.69 Å². The Balaban J connectivity index is 1.68. The van der Waals surface area contributed by atoms with Crippen molar-refractivity contribution in [3.8, 4) is 0 Å². The summed E-state index contributed by atoms with van der Waals surface area (Å²) in [5.74, 6) is -0.0404. The molecule has 1 atom stereocenters. The summed E-state index contributed by atoms with van der Waals surface area (Å²) in [7, 11) is -2.95. The zero-order valence-corrected chi connectivity index (χ0v) is 14.3. The molecule has 8 heteroatoms. The highest BCUT2D eigenvalue weighted by Crippen LogP contribution is 2.19. The molecule has 0 radical (unpaired) electrons. The fraction of sp³-hybridized carbons (Fsp3) is 0.250. The maximum absolute atomic E-state index is 12.3. The lowest BCUT2D eigenvalue weighted by Crippen LogP contribution is -2.21. The molecule has 6 nitrogen and oxygen atoms in total. The second-order valence-electron chi connectivity index (χ2n) is 5.64. The number of anilines is 2. The molecule has 0 spiro atoms. The number of amides is 1. The zero-order chi connectivity index (χ0) is 17.2. The summed E-state index contributed by atoms with van der Waals surface area (Å²) in [6.45, 7) is 0. The van der Waals surface area contributed by atoms with Gasteiger partial charge in [0, 0.05) is 28.6 Å². The molecule has 1 amide bonds. The number of benzene rings is 1. The van der Waals surface area contributed by atoms with E-state index >= 15 is 0 Å². The van der Waals surface area contributed by atoms with E-state index in [0.29, 0.717) is 22.8 Å². The minimum absolute atomic E-state index is 0.113. The van der Waals surface area contributed by atoms with E-state index in [-0.39, 0.29) is 29.1 Å². The largest absolute Gasteiger partial charge is 0.381 e. The van der Waals surface area contributed by atoms with E-state index in [1.54, 1.807) is 36.4 Å². The molecule has 1 aliphatic heterocycles. The number of nitrogens with zero attached hydrogens (tertiary/aromatic N) is 1. The topological polar surface area (TPSA) is 88.2 Å². The van der Waals surface area contributed by atoms with Gasteiger partial charge < -0.3 is 10.6 Å². The number of pyridine rings is 1. The standard InChI is InChI=1S/C16H16ClN3O3S/c17-11-1-3-12(4-2-11)20-16(21)15-9-13(5-7-18-15)19-14-6-8-24(22,23)10-14/h1-5,7,9,14H,6,8,10H2,(H,18,19)(H,20,21). The van der Waals surface area contributed by atoms with Crippen molar-refractivity contribution in [3.05, 3.63) is 53.3 Å². The average molecular weight is 366 g/mol. The lowest BCUT2D eigenvalue weighted by atomic mass is 10.2. The van der Waals surface area contributed by atoms with Crippen molar-refractivity contribution in [3.63, 3.8) is 0 Å². The summed E-state index contributed by atoms with van der Waals surface area (Å²) >= 11 is 5.81. The Hall–Kier alpha value is -2.12. The van der Waals surface area contributed by atoms with Gasteiger partial charge in [-0.2, -0.15) is 0 Å². The highest BCUT2D eigenvalue weighted by atomic mass is 35.5. The predicted octanol–water partition coefficient (Wildman–Crippen LogP) is 2.59. The third-order valence-corrected chi connectivity index (χ3v) is 5.72. The van der Waals surface area contributed by atoms with Crippen LogP contribution >= 0.6 is 11.6 Å². The van der Waals surface area contributed by atoms with Gasteiger partial charge in [0.05, 0.1) is 11.5 Å². The SMILES string of the molecule is O=C(Nc1ccc(Cl)cc1)c1cc(NC2CCS(=O)(=O)C2)ccn1. The number of halogens is 1. The molecular weight excluding hydrogens is 350 g/mol. The van der Waals surface area contributed by atoms with Crippen molar-refractivity contribution in [2.75, 3.05) is 22.1 Å². The number of hydrogen-bond acceptors (Lipinski definition) is 5. The predicted molar refractivity (Wildman–Crippen MR) is 94.3 cm³/mol. The second kappa shape index (κ2) is 6.78. The first kappa shape index (κ1) is 16.7. The minimum atomic E-state index is -2.95. The summed E-state index contributed by atoms with van der Waals surface area (Å²) < 4.78 is 23.0. The van der Waals surface area contributed by atoms with E-state index in [1.165, 1.54) is 6.20 Å². The Labute approximate surface area is 145 Å². The molecule has 24 heavy (non-hydrogen) atoms. The molecule has 0 saturated carbocycles. The Morgan fingerprint density at radius 2 is 1.92 bits per heavy atom. The number of rotatable bonds is 4. The number of carbonyl (C=O) groups excluding carboxylic acids is 1. The normalized spacial score (nSPS) is 19.0. The van der Waals surface area contributed by atoms with Crippen molar-refractivity contribution in [1.82, 2.24) is 4.98 Å². The van der Waals surface area contributed by atoms with E-state index in [4.69, 9.17) is 11.6 Å². The van der Waals surface area contributed by atoms with Crippen molar-refractivity contribution < 1.29 is 13.2 Å². The van der Waals surface area contributed by atoms with Gasteiger partial charge in [0.15, 0.2) is 9.84 Å². The molecule has 3 rings (SSSR count). The third kappa shape index (κ3) is 4.24. The van der Waals surface area contributed by atoms with Crippen molar-refractivity contribution in [2.45, 2.75) is 12.5 Å². The van der Waals surface area contributed by atoms with Gasteiger partial charge >= 0.3 is 0 Å². The fourth-order valence-electron chi connectivity index (χ4n) is 2.52. The van der Waals surface area contributed by atoms with Gasteiger partial charge in [-0.05, 0) is 42.8 Å². The first-order chi connectivity index (χ1) is 11.4. The quantitative estimate of drug-likeness (QED) is 0.869. The fourth-order valence-corrected chi connectivity index (χ4v) is 4.32. The van der Waals surface area contributed by atoms with Crippen LogP contribution in [0, 0.1) is 0 Å². The molecule has 2 aromatic rings. The van der Waals surface area contributed by atoms with E-state index < -0.39 is 9.84 Å². The number of hydrogen-bond donors (Lipinski definition) is 2. The Kier molecular flexibility index (Phi) is 4.73. The molecule has 1 aliphatic rings. The molecule has 1 aromatic heterocycles. The molecule has 0 bridgehead atoms.